The van der Waals surface area contributed by atoms with Crippen LogP contribution in [0.25, 0.3) is 10.8 Å². The van der Waals surface area contributed by atoms with Crippen LogP contribution >= 0.6 is 0 Å². The summed E-state index contributed by atoms with van der Waals surface area (Å²) in [5.74, 6) is 1.53. The molecule has 8 nitrogen and oxygen atoms in total. The molecule has 0 radical (unpaired) electrons. The second-order valence-electron chi connectivity index (χ2n) is 11.6. The highest BCUT2D eigenvalue weighted by Gasteiger charge is 2.63. The van der Waals surface area contributed by atoms with Crippen LogP contribution in [-0.2, 0) is 15.7 Å². The standard InChI is InChI=1S/C27H31N5O3/c1-24(2,28)18-14-30-22(34-26(5)8-9-26)17-13-29-20(12-16(17)18)31-19-7-6-15-21(32-19)27(10-11-27)25(3,4)35-23(15)33/h6-7,12-14H,8-11,28H2,1-5H3,(H,29,31,32). The number of rotatable bonds is 5. The van der Waals surface area contributed by atoms with Crippen molar-refractivity contribution in [3.05, 3.63) is 47.4 Å². The summed E-state index contributed by atoms with van der Waals surface area (Å²) in [4.78, 5) is 26.7. The number of hydrogen-bond donors (Lipinski definition) is 2. The predicted molar refractivity (Wildman–Crippen MR) is 133 cm³/mol. The Labute approximate surface area is 204 Å². The van der Waals surface area contributed by atoms with E-state index in [9.17, 15) is 4.79 Å². The van der Waals surface area contributed by atoms with Gasteiger partial charge < -0.3 is 20.5 Å². The van der Waals surface area contributed by atoms with Crippen LogP contribution in [0.5, 0.6) is 5.88 Å². The fourth-order valence-electron chi connectivity index (χ4n) is 5.11. The highest BCUT2D eigenvalue weighted by atomic mass is 16.6. The number of pyridine rings is 3. The van der Waals surface area contributed by atoms with Gasteiger partial charge in [0.05, 0.1) is 22.1 Å². The molecular weight excluding hydrogens is 442 g/mol. The first kappa shape index (κ1) is 22.2. The summed E-state index contributed by atoms with van der Waals surface area (Å²) in [5.41, 5.74) is 7.20. The Morgan fingerprint density at radius 2 is 1.77 bits per heavy atom. The smallest absolute Gasteiger partial charge is 0.340 e. The molecule has 8 heteroatoms. The number of hydrogen-bond acceptors (Lipinski definition) is 8. The molecule has 0 aromatic carbocycles. The van der Waals surface area contributed by atoms with E-state index in [-0.39, 0.29) is 17.0 Å². The molecule has 0 bridgehead atoms. The number of nitrogens with one attached hydrogen (secondary N) is 1. The number of anilines is 2. The Kier molecular flexibility index (Phi) is 4.38. The number of ether oxygens (including phenoxy) is 2. The quantitative estimate of drug-likeness (QED) is 0.505. The first-order valence-corrected chi connectivity index (χ1v) is 12.2. The third-order valence-corrected chi connectivity index (χ3v) is 7.80. The van der Waals surface area contributed by atoms with Crippen molar-refractivity contribution in [3.8, 4) is 5.88 Å². The average molecular weight is 474 g/mol. The molecule has 6 rings (SSSR count). The van der Waals surface area contributed by atoms with E-state index in [2.05, 4.69) is 22.2 Å². The zero-order chi connectivity index (χ0) is 24.8. The van der Waals surface area contributed by atoms with Gasteiger partial charge in [0.1, 0.15) is 22.8 Å². The van der Waals surface area contributed by atoms with E-state index in [0.717, 1.165) is 47.7 Å². The van der Waals surface area contributed by atoms with Gasteiger partial charge in [0.15, 0.2) is 0 Å². The van der Waals surface area contributed by atoms with Crippen molar-refractivity contribution in [2.24, 2.45) is 5.73 Å². The Balaban J connectivity index is 1.40. The van der Waals surface area contributed by atoms with Crippen molar-refractivity contribution in [2.45, 2.75) is 82.5 Å². The molecule has 0 unspecified atom stereocenters. The Bertz CT molecular complexity index is 1380. The van der Waals surface area contributed by atoms with Crippen LogP contribution in [0.2, 0.25) is 0 Å². The van der Waals surface area contributed by atoms with Crippen LogP contribution in [-0.4, -0.2) is 32.1 Å². The van der Waals surface area contributed by atoms with E-state index in [1.165, 1.54) is 0 Å². The summed E-state index contributed by atoms with van der Waals surface area (Å²) < 4.78 is 11.9. The molecule has 3 aliphatic rings. The highest BCUT2D eigenvalue weighted by Crippen LogP contribution is 2.59. The molecule has 0 saturated heterocycles. The molecule has 0 amide bonds. The lowest BCUT2D eigenvalue weighted by atomic mass is 9.80. The summed E-state index contributed by atoms with van der Waals surface area (Å²) in [7, 11) is 0. The van der Waals surface area contributed by atoms with Crippen LogP contribution in [0.15, 0.2) is 30.6 Å². The zero-order valence-corrected chi connectivity index (χ0v) is 20.9. The van der Waals surface area contributed by atoms with E-state index in [0.29, 0.717) is 23.1 Å². The van der Waals surface area contributed by atoms with E-state index in [1.54, 1.807) is 24.5 Å². The van der Waals surface area contributed by atoms with Gasteiger partial charge in [0.25, 0.3) is 0 Å². The number of nitrogens with two attached hydrogens (primary N) is 1. The Hall–Kier alpha value is -3.26. The minimum absolute atomic E-state index is 0.155. The normalized spacial score (nSPS) is 20.8. The van der Waals surface area contributed by atoms with Crippen molar-refractivity contribution >= 4 is 28.4 Å². The lowest BCUT2D eigenvalue weighted by Gasteiger charge is -2.39. The van der Waals surface area contributed by atoms with Gasteiger partial charge in [-0.05, 0) is 89.5 Å². The summed E-state index contributed by atoms with van der Waals surface area (Å²) in [5, 5.41) is 5.10. The number of carbonyl (C=O) groups is 1. The van der Waals surface area contributed by atoms with Gasteiger partial charge in [-0.25, -0.2) is 19.7 Å². The number of carbonyl (C=O) groups excluding carboxylic acids is 1. The van der Waals surface area contributed by atoms with Crippen molar-refractivity contribution < 1.29 is 14.3 Å². The van der Waals surface area contributed by atoms with E-state index in [1.807, 2.05) is 33.8 Å². The SMILES string of the molecule is CC1(Oc2ncc(C(C)(C)N)c3cc(Nc4ccc5c(n4)C4(CC4)C(C)(C)OC5=O)ncc23)CC1. The van der Waals surface area contributed by atoms with Gasteiger partial charge in [0.2, 0.25) is 5.88 Å². The Morgan fingerprint density at radius 1 is 1.03 bits per heavy atom. The third-order valence-electron chi connectivity index (χ3n) is 7.80. The number of aromatic nitrogens is 3. The van der Waals surface area contributed by atoms with Gasteiger partial charge in [-0.3, -0.25) is 0 Å². The molecule has 2 aliphatic carbocycles. The van der Waals surface area contributed by atoms with E-state index < -0.39 is 11.1 Å². The van der Waals surface area contributed by atoms with Gasteiger partial charge in [0, 0.05) is 17.9 Å². The fourth-order valence-corrected chi connectivity index (χ4v) is 5.11. The lowest BCUT2D eigenvalue weighted by Crippen LogP contribution is -2.46. The molecule has 3 aromatic rings. The number of esters is 1. The summed E-state index contributed by atoms with van der Waals surface area (Å²) >= 11 is 0. The highest BCUT2D eigenvalue weighted by molar-refractivity contribution is 5.94. The summed E-state index contributed by atoms with van der Waals surface area (Å²) in [6.07, 6.45) is 7.52. The third kappa shape index (κ3) is 3.54. The number of fused-ring (bicyclic) bond motifs is 3. The second kappa shape index (κ2) is 6.91. The van der Waals surface area contributed by atoms with Crippen LogP contribution in [0, 0.1) is 0 Å². The average Bonchev–Trinajstić information content (AvgIpc) is 3.69. The molecule has 3 N–H and O–H groups in total. The molecule has 2 fully saturated rings. The van der Waals surface area contributed by atoms with Crippen LogP contribution in [0.3, 0.4) is 0 Å². The van der Waals surface area contributed by atoms with Gasteiger partial charge in [-0.1, -0.05) is 0 Å². The molecule has 2 saturated carbocycles. The molecule has 4 heterocycles. The molecule has 35 heavy (non-hydrogen) atoms. The predicted octanol–water partition coefficient (Wildman–Crippen LogP) is 4.87. The zero-order valence-electron chi connectivity index (χ0n) is 20.9. The molecule has 1 spiro atoms. The van der Waals surface area contributed by atoms with Crippen molar-refractivity contribution in [2.75, 3.05) is 5.32 Å². The number of cyclic esters (lactones) is 1. The van der Waals surface area contributed by atoms with Gasteiger partial charge >= 0.3 is 5.97 Å². The minimum Gasteiger partial charge on any atom is -0.471 e. The monoisotopic (exact) mass is 473 g/mol. The molecule has 3 aromatic heterocycles. The van der Waals surface area contributed by atoms with Gasteiger partial charge in [-0.2, -0.15) is 0 Å². The first-order chi connectivity index (χ1) is 16.4. The lowest BCUT2D eigenvalue weighted by molar-refractivity contribution is -0.0285. The van der Waals surface area contributed by atoms with Crippen molar-refractivity contribution in [1.82, 2.24) is 15.0 Å². The minimum atomic E-state index is -0.597. The molecule has 0 atom stereocenters. The van der Waals surface area contributed by atoms with E-state index >= 15 is 0 Å². The molecule has 182 valence electrons. The maximum atomic E-state index is 12.6. The van der Waals surface area contributed by atoms with Gasteiger partial charge in [-0.15, -0.1) is 0 Å². The Morgan fingerprint density at radius 3 is 2.43 bits per heavy atom. The van der Waals surface area contributed by atoms with Crippen LogP contribution in [0.4, 0.5) is 11.6 Å². The maximum absolute atomic E-state index is 12.6. The van der Waals surface area contributed by atoms with Crippen molar-refractivity contribution in [1.29, 1.82) is 0 Å². The van der Waals surface area contributed by atoms with Crippen LogP contribution in [0.1, 0.15) is 81.9 Å². The van der Waals surface area contributed by atoms with Crippen molar-refractivity contribution in [3.63, 3.8) is 0 Å². The largest absolute Gasteiger partial charge is 0.471 e. The maximum Gasteiger partial charge on any atom is 0.340 e. The topological polar surface area (TPSA) is 112 Å². The number of nitrogens with zero attached hydrogens (tertiary/aromatic N) is 3. The second-order valence-corrected chi connectivity index (χ2v) is 11.6. The molecule has 1 aliphatic heterocycles. The summed E-state index contributed by atoms with van der Waals surface area (Å²) in [6.45, 7) is 9.95. The summed E-state index contributed by atoms with van der Waals surface area (Å²) in [6, 6.07) is 5.56. The van der Waals surface area contributed by atoms with Crippen LogP contribution < -0.4 is 15.8 Å². The van der Waals surface area contributed by atoms with E-state index in [4.69, 9.17) is 20.2 Å². The first-order valence-electron chi connectivity index (χ1n) is 12.2. The fraction of sp³-hybridized carbons (Fsp3) is 0.481. The molecular formula is C27H31N5O3.